The number of anilines is 2. The van der Waals surface area contributed by atoms with E-state index >= 15 is 0 Å². The topological polar surface area (TPSA) is 47.3 Å². The molecule has 0 saturated heterocycles. The Morgan fingerprint density at radius 3 is 2.72 bits per heavy atom. The molecular weight excluding hydrogens is 231 g/mol. The average molecular weight is 252 g/mol. The van der Waals surface area contributed by atoms with Crippen molar-refractivity contribution in [1.82, 2.24) is 0 Å². The van der Waals surface area contributed by atoms with Crippen LogP contribution in [0.15, 0.2) is 12.1 Å². The van der Waals surface area contributed by atoms with E-state index in [-0.39, 0.29) is 5.75 Å². The van der Waals surface area contributed by atoms with Crippen LogP contribution in [-0.4, -0.2) is 13.7 Å². The predicted molar refractivity (Wildman–Crippen MR) is 72.4 cm³/mol. The quantitative estimate of drug-likeness (QED) is 0.763. The van der Waals surface area contributed by atoms with Gasteiger partial charge in [-0.05, 0) is 24.7 Å². The third kappa shape index (κ3) is 2.68. The Balaban J connectivity index is 2.05. The number of nitrogens with two attached hydrogens (primary N) is 1. The number of methoxy groups -OCH3 is 1. The molecule has 1 saturated carbocycles. The molecule has 0 unspecified atom stereocenters. The summed E-state index contributed by atoms with van der Waals surface area (Å²) in [6.07, 6.45) is 4.97. The Labute approximate surface area is 108 Å². The summed E-state index contributed by atoms with van der Waals surface area (Å²) in [6, 6.07) is 2.94. The van der Waals surface area contributed by atoms with E-state index in [4.69, 9.17) is 10.5 Å². The van der Waals surface area contributed by atoms with Crippen molar-refractivity contribution in [1.29, 1.82) is 0 Å². The number of ether oxygens (including phenoxy) is 1. The average Bonchev–Trinajstić information content (AvgIpc) is 3.09. The molecule has 0 spiro atoms. The maximum Gasteiger partial charge on any atom is 0.167 e. The van der Waals surface area contributed by atoms with Crippen LogP contribution >= 0.6 is 0 Å². The Morgan fingerprint density at radius 2 is 2.17 bits per heavy atom. The number of halogens is 1. The number of rotatable bonds is 6. The lowest BCUT2D eigenvalue weighted by Gasteiger charge is -2.17. The highest BCUT2D eigenvalue weighted by atomic mass is 19.1. The van der Waals surface area contributed by atoms with E-state index < -0.39 is 5.82 Å². The van der Waals surface area contributed by atoms with Gasteiger partial charge >= 0.3 is 0 Å². The number of nitrogen functional groups attached to an aromatic ring is 1. The van der Waals surface area contributed by atoms with Crippen LogP contribution in [0.2, 0.25) is 0 Å². The number of benzene rings is 1. The van der Waals surface area contributed by atoms with Gasteiger partial charge in [-0.3, -0.25) is 0 Å². The molecule has 1 aromatic rings. The van der Waals surface area contributed by atoms with Crippen LogP contribution in [0.25, 0.3) is 0 Å². The third-order valence-corrected chi connectivity index (χ3v) is 3.72. The van der Waals surface area contributed by atoms with Gasteiger partial charge < -0.3 is 15.8 Å². The van der Waals surface area contributed by atoms with Gasteiger partial charge in [0.2, 0.25) is 0 Å². The van der Waals surface area contributed by atoms with Gasteiger partial charge in [-0.15, -0.1) is 0 Å². The predicted octanol–water partition coefficient (Wildman–Crippen LogP) is 3.41. The minimum absolute atomic E-state index is 0.229. The largest absolute Gasteiger partial charge is 0.494 e. The minimum Gasteiger partial charge on any atom is -0.494 e. The van der Waals surface area contributed by atoms with Gasteiger partial charge in [0.15, 0.2) is 11.6 Å². The lowest BCUT2D eigenvalue weighted by Crippen LogP contribution is -2.16. The fourth-order valence-corrected chi connectivity index (χ4v) is 2.38. The normalized spacial score (nSPS) is 16.4. The van der Waals surface area contributed by atoms with Gasteiger partial charge in [-0.1, -0.05) is 13.3 Å². The van der Waals surface area contributed by atoms with Crippen molar-refractivity contribution in [3.8, 4) is 5.75 Å². The smallest absolute Gasteiger partial charge is 0.167 e. The summed E-state index contributed by atoms with van der Waals surface area (Å²) in [5.74, 6) is -0.192. The first kappa shape index (κ1) is 13.0. The van der Waals surface area contributed by atoms with Gasteiger partial charge in [0.1, 0.15) is 0 Å². The molecule has 1 fully saturated rings. The Morgan fingerprint density at radius 1 is 1.44 bits per heavy atom. The Kier molecular flexibility index (Phi) is 3.64. The highest BCUT2D eigenvalue weighted by molar-refractivity contribution is 5.68. The second-order valence-electron chi connectivity index (χ2n) is 5.18. The molecule has 4 heteroatoms. The molecule has 0 bridgehead atoms. The molecule has 3 N–H and O–H groups in total. The summed E-state index contributed by atoms with van der Waals surface area (Å²) in [7, 11) is 1.46. The first-order valence-corrected chi connectivity index (χ1v) is 6.47. The van der Waals surface area contributed by atoms with Crippen LogP contribution in [0.1, 0.15) is 32.6 Å². The first-order chi connectivity index (χ1) is 8.60. The molecule has 1 aliphatic rings. The second kappa shape index (κ2) is 5.04. The van der Waals surface area contributed by atoms with E-state index in [1.54, 1.807) is 6.07 Å². The molecule has 0 atom stereocenters. The van der Waals surface area contributed by atoms with Crippen molar-refractivity contribution >= 4 is 11.4 Å². The highest BCUT2D eigenvalue weighted by Crippen LogP contribution is 2.49. The summed E-state index contributed by atoms with van der Waals surface area (Å²) < 4.78 is 18.4. The molecule has 1 aliphatic carbocycles. The fraction of sp³-hybridized carbons (Fsp3) is 0.571. The van der Waals surface area contributed by atoms with E-state index in [1.807, 2.05) is 0 Å². The van der Waals surface area contributed by atoms with Gasteiger partial charge in [-0.25, -0.2) is 4.39 Å². The van der Waals surface area contributed by atoms with Crippen LogP contribution in [0.3, 0.4) is 0 Å². The van der Waals surface area contributed by atoms with E-state index in [9.17, 15) is 4.39 Å². The molecule has 0 amide bonds. The van der Waals surface area contributed by atoms with Crippen LogP contribution < -0.4 is 15.8 Å². The fourth-order valence-electron chi connectivity index (χ4n) is 2.38. The summed E-state index contributed by atoms with van der Waals surface area (Å²) in [5, 5.41) is 3.33. The van der Waals surface area contributed by atoms with Crippen molar-refractivity contribution in [2.45, 2.75) is 32.6 Å². The lowest BCUT2D eigenvalue weighted by molar-refractivity contribution is 0.387. The van der Waals surface area contributed by atoms with Crippen LogP contribution in [0.5, 0.6) is 5.75 Å². The minimum atomic E-state index is -0.421. The van der Waals surface area contributed by atoms with Crippen molar-refractivity contribution in [3.05, 3.63) is 17.9 Å². The monoisotopic (exact) mass is 252 g/mol. The lowest BCUT2D eigenvalue weighted by atomic mass is 10.0. The van der Waals surface area contributed by atoms with E-state index in [0.717, 1.165) is 12.2 Å². The molecule has 0 aromatic heterocycles. The Bertz CT molecular complexity index is 430. The van der Waals surface area contributed by atoms with Crippen LogP contribution in [-0.2, 0) is 0 Å². The summed E-state index contributed by atoms with van der Waals surface area (Å²) >= 11 is 0. The van der Waals surface area contributed by atoms with Crippen molar-refractivity contribution in [3.63, 3.8) is 0 Å². The molecule has 18 heavy (non-hydrogen) atoms. The molecule has 1 aromatic carbocycles. The maximum atomic E-state index is 13.4. The number of hydrogen-bond donors (Lipinski definition) is 2. The van der Waals surface area contributed by atoms with Gasteiger partial charge in [-0.2, -0.15) is 0 Å². The molecule has 100 valence electrons. The maximum absolute atomic E-state index is 13.4. The summed E-state index contributed by atoms with van der Waals surface area (Å²) in [5.41, 5.74) is 7.43. The standard InChI is InChI=1S/C14H21FN2O/c1-3-4-14(5-6-14)9-17-12-8-13(18-2)10(15)7-11(12)16/h7-8,17H,3-6,9,16H2,1-2H3. The SMILES string of the molecule is CCCC1(CNc2cc(OC)c(F)cc2N)CC1. The number of hydrogen-bond acceptors (Lipinski definition) is 3. The Hall–Kier alpha value is -1.45. The molecule has 0 radical (unpaired) electrons. The molecule has 2 rings (SSSR count). The second-order valence-corrected chi connectivity index (χ2v) is 5.18. The zero-order valence-corrected chi connectivity index (χ0v) is 11.1. The summed E-state index contributed by atoms with van der Waals surface area (Å²) in [4.78, 5) is 0. The van der Waals surface area contributed by atoms with Crippen molar-refractivity contribution in [2.24, 2.45) is 5.41 Å². The van der Waals surface area contributed by atoms with E-state index in [0.29, 0.717) is 11.1 Å². The van der Waals surface area contributed by atoms with Gasteiger partial charge in [0, 0.05) is 18.7 Å². The molecular formula is C14H21FN2O. The van der Waals surface area contributed by atoms with Crippen LogP contribution in [0, 0.1) is 11.2 Å². The zero-order chi connectivity index (χ0) is 13.2. The van der Waals surface area contributed by atoms with E-state index in [1.165, 1.54) is 38.9 Å². The number of nitrogens with one attached hydrogen (secondary N) is 1. The molecule has 3 nitrogen and oxygen atoms in total. The zero-order valence-electron chi connectivity index (χ0n) is 11.1. The summed E-state index contributed by atoms with van der Waals surface area (Å²) in [6.45, 7) is 3.11. The van der Waals surface area contributed by atoms with Gasteiger partial charge in [0.05, 0.1) is 18.5 Å². The molecule has 0 aliphatic heterocycles. The highest BCUT2D eigenvalue weighted by Gasteiger charge is 2.41. The van der Waals surface area contributed by atoms with Gasteiger partial charge in [0.25, 0.3) is 0 Å². The first-order valence-electron chi connectivity index (χ1n) is 6.47. The van der Waals surface area contributed by atoms with Crippen molar-refractivity contribution < 1.29 is 9.13 Å². The third-order valence-electron chi connectivity index (χ3n) is 3.72. The van der Waals surface area contributed by atoms with E-state index in [2.05, 4.69) is 12.2 Å². The molecule has 0 heterocycles. The van der Waals surface area contributed by atoms with Crippen LogP contribution in [0.4, 0.5) is 15.8 Å². The van der Waals surface area contributed by atoms with Crippen molar-refractivity contribution in [2.75, 3.05) is 24.7 Å².